The van der Waals surface area contributed by atoms with Crippen LogP contribution in [0.15, 0.2) is 24.3 Å². The maximum atomic E-state index is 12.3. The van der Waals surface area contributed by atoms with Crippen molar-refractivity contribution in [2.45, 2.75) is 31.7 Å². The maximum Gasteiger partial charge on any atom is 0.224 e. The third kappa shape index (κ3) is 3.39. The summed E-state index contributed by atoms with van der Waals surface area (Å²) >= 11 is 0. The molecular weight excluding hydrogens is 300 g/mol. The summed E-state index contributed by atoms with van der Waals surface area (Å²) in [5, 5.41) is 3.07. The van der Waals surface area contributed by atoms with Crippen molar-refractivity contribution in [1.82, 2.24) is 5.32 Å². The van der Waals surface area contributed by atoms with Gasteiger partial charge in [-0.15, -0.1) is 12.4 Å². The molecule has 2 aliphatic rings. The fraction of sp³-hybridized carbons (Fsp3) is 0.588. The first kappa shape index (κ1) is 17.1. The van der Waals surface area contributed by atoms with E-state index in [0.717, 1.165) is 18.6 Å². The molecule has 1 aromatic carbocycles. The van der Waals surface area contributed by atoms with E-state index in [1.165, 1.54) is 18.4 Å². The van der Waals surface area contributed by atoms with Gasteiger partial charge >= 0.3 is 0 Å². The van der Waals surface area contributed by atoms with Crippen LogP contribution in [0, 0.1) is 17.8 Å². The molecule has 2 bridgehead atoms. The summed E-state index contributed by atoms with van der Waals surface area (Å²) in [6.07, 6.45) is 4.35. The molecule has 2 fully saturated rings. The van der Waals surface area contributed by atoms with Crippen molar-refractivity contribution in [2.75, 3.05) is 13.7 Å². The summed E-state index contributed by atoms with van der Waals surface area (Å²) in [7, 11) is 1.66. The van der Waals surface area contributed by atoms with Crippen LogP contribution in [-0.2, 0) is 11.2 Å². The predicted molar refractivity (Wildman–Crippen MR) is 89.3 cm³/mol. The fourth-order valence-electron chi connectivity index (χ4n) is 4.00. The smallest absolute Gasteiger partial charge is 0.224 e. The van der Waals surface area contributed by atoms with Crippen LogP contribution < -0.4 is 15.8 Å². The minimum Gasteiger partial charge on any atom is -0.497 e. The van der Waals surface area contributed by atoms with E-state index in [-0.39, 0.29) is 30.3 Å². The van der Waals surface area contributed by atoms with Gasteiger partial charge in [0.1, 0.15) is 5.75 Å². The molecule has 1 aromatic rings. The highest BCUT2D eigenvalue weighted by atomic mass is 35.5. The lowest BCUT2D eigenvalue weighted by atomic mass is 9.84. The van der Waals surface area contributed by atoms with Crippen molar-refractivity contribution in [3.63, 3.8) is 0 Å². The number of methoxy groups -OCH3 is 1. The third-order valence-corrected chi connectivity index (χ3v) is 5.13. The molecule has 22 heavy (non-hydrogen) atoms. The van der Waals surface area contributed by atoms with E-state index in [1.807, 2.05) is 18.2 Å². The lowest BCUT2D eigenvalue weighted by molar-refractivity contribution is -0.127. The van der Waals surface area contributed by atoms with Crippen LogP contribution in [0.4, 0.5) is 0 Å². The van der Waals surface area contributed by atoms with E-state index in [1.54, 1.807) is 7.11 Å². The number of ether oxygens (including phenoxy) is 1. The maximum absolute atomic E-state index is 12.3. The van der Waals surface area contributed by atoms with Crippen LogP contribution in [0.25, 0.3) is 0 Å². The molecule has 3 rings (SSSR count). The molecule has 122 valence electrons. The Morgan fingerprint density at radius 2 is 2.14 bits per heavy atom. The number of carbonyl (C=O) groups is 1. The fourth-order valence-corrected chi connectivity index (χ4v) is 4.00. The molecule has 0 heterocycles. The molecule has 5 heteroatoms. The number of hydrogen-bond donors (Lipinski definition) is 2. The van der Waals surface area contributed by atoms with E-state index >= 15 is 0 Å². The van der Waals surface area contributed by atoms with E-state index < -0.39 is 0 Å². The molecule has 3 N–H and O–H groups in total. The molecule has 0 radical (unpaired) electrons. The van der Waals surface area contributed by atoms with Crippen LogP contribution in [0.5, 0.6) is 5.75 Å². The second-order valence-electron chi connectivity index (χ2n) is 6.33. The second-order valence-corrected chi connectivity index (χ2v) is 6.33. The zero-order chi connectivity index (χ0) is 14.8. The summed E-state index contributed by atoms with van der Waals surface area (Å²) < 4.78 is 5.21. The molecular formula is C17H25ClN2O2. The zero-order valence-corrected chi connectivity index (χ0v) is 13.8. The largest absolute Gasteiger partial charge is 0.497 e. The van der Waals surface area contributed by atoms with Crippen molar-refractivity contribution in [1.29, 1.82) is 0 Å². The molecule has 0 spiro atoms. The van der Waals surface area contributed by atoms with Gasteiger partial charge in [-0.3, -0.25) is 4.79 Å². The lowest BCUT2D eigenvalue weighted by Crippen LogP contribution is -2.45. The summed E-state index contributed by atoms with van der Waals surface area (Å²) in [5.41, 5.74) is 7.38. The number of hydrogen-bond acceptors (Lipinski definition) is 3. The van der Waals surface area contributed by atoms with Gasteiger partial charge in [-0.05, 0) is 55.2 Å². The monoisotopic (exact) mass is 324 g/mol. The average Bonchev–Trinajstić information content (AvgIpc) is 3.08. The first-order valence-corrected chi connectivity index (χ1v) is 7.85. The van der Waals surface area contributed by atoms with Gasteiger partial charge in [0.25, 0.3) is 0 Å². The van der Waals surface area contributed by atoms with E-state index in [2.05, 4.69) is 11.4 Å². The lowest BCUT2D eigenvalue weighted by Gasteiger charge is -2.27. The number of halogens is 1. The van der Waals surface area contributed by atoms with Crippen LogP contribution in [0.2, 0.25) is 0 Å². The first-order chi connectivity index (χ1) is 10.2. The van der Waals surface area contributed by atoms with Crippen LogP contribution >= 0.6 is 12.4 Å². The minimum atomic E-state index is 0. The first-order valence-electron chi connectivity index (χ1n) is 7.85. The van der Waals surface area contributed by atoms with E-state index in [4.69, 9.17) is 10.5 Å². The minimum absolute atomic E-state index is 0. The highest BCUT2D eigenvalue weighted by Crippen LogP contribution is 2.47. The number of rotatable bonds is 5. The van der Waals surface area contributed by atoms with Crippen LogP contribution in [0.1, 0.15) is 24.8 Å². The Bertz CT molecular complexity index is 521. The predicted octanol–water partition coefficient (Wildman–Crippen LogP) is 2.15. The molecule has 2 aliphatic carbocycles. The Kier molecular flexibility index (Phi) is 5.70. The van der Waals surface area contributed by atoms with Gasteiger partial charge in [-0.1, -0.05) is 12.1 Å². The molecule has 0 saturated heterocycles. The Morgan fingerprint density at radius 3 is 2.82 bits per heavy atom. The Hall–Kier alpha value is -1.26. The number of fused-ring (bicyclic) bond motifs is 2. The van der Waals surface area contributed by atoms with Crippen molar-refractivity contribution in [3.05, 3.63) is 29.8 Å². The van der Waals surface area contributed by atoms with Gasteiger partial charge in [0.2, 0.25) is 5.91 Å². The standard InChI is InChI=1S/C17H24N2O2.ClH/c1-21-14-4-2-3-11(9-14)7-8-19-17(20)15-12-5-6-13(10-12)16(15)18;/h2-4,9,12-13,15-16H,5-8,10,18H2,1H3,(H,19,20);1H. The summed E-state index contributed by atoms with van der Waals surface area (Å²) in [6.45, 7) is 0.659. The third-order valence-electron chi connectivity index (χ3n) is 5.13. The molecule has 2 saturated carbocycles. The number of nitrogens with one attached hydrogen (secondary N) is 1. The van der Waals surface area contributed by atoms with Gasteiger partial charge in [0.15, 0.2) is 0 Å². The van der Waals surface area contributed by atoms with Crippen molar-refractivity contribution >= 4 is 18.3 Å². The molecule has 1 amide bonds. The van der Waals surface area contributed by atoms with Crippen molar-refractivity contribution in [2.24, 2.45) is 23.5 Å². The van der Waals surface area contributed by atoms with Gasteiger partial charge in [-0.25, -0.2) is 0 Å². The van der Waals surface area contributed by atoms with E-state index in [9.17, 15) is 4.79 Å². The SMILES string of the molecule is COc1cccc(CCNC(=O)C2C3CCC(C3)C2N)c1.Cl. The van der Waals surface area contributed by atoms with Gasteiger partial charge in [0, 0.05) is 12.6 Å². The van der Waals surface area contributed by atoms with Crippen molar-refractivity contribution < 1.29 is 9.53 Å². The normalized spacial score (nSPS) is 29.0. The number of amides is 1. The molecule has 0 aliphatic heterocycles. The Balaban J connectivity index is 0.00000176. The van der Waals surface area contributed by atoms with E-state index in [0.29, 0.717) is 18.4 Å². The number of carbonyl (C=O) groups excluding carboxylic acids is 1. The van der Waals surface area contributed by atoms with Crippen LogP contribution in [-0.4, -0.2) is 25.6 Å². The average molecular weight is 325 g/mol. The molecule has 0 aromatic heterocycles. The highest BCUT2D eigenvalue weighted by molar-refractivity contribution is 5.85. The topological polar surface area (TPSA) is 64.3 Å². The Labute approximate surface area is 138 Å². The number of benzene rings is 1. The number of nitrogens with two attached hydrogens (primary N) is 1. The van der Waals surface area contributed by atoms with Crippen molar-refractivity contribution in [3.8, 4) is 5.75 Å². The molecule has 4 unspecified atom stereocenters. The van der Waals surface area contributed by atoms with Crippen LogP contribution in [0.3, 0.4) is 0 Å². The Morgan fingerprint density at radius 1 is 1.36 bits per heavy atom. The zero-order valence-electron chi connectivity index (χ0n) is 13.0. The quantitative estimate of drug-likeness (QED) is 0.872. The van der Waals surface area contributed by atoms with Gasteiger partial charge in [-0.2, -0.15) is 0 Å². The summed E-state index contributed by atoms with van der Waals surface area (Å²) in [4.78, 5) is 12.3. The summed E-state index contributed by atoms with van der Waals surface area (Å²) in [5.74, 6) is 2.13. The van der Waals surface area contributed by atoms with Gasteiger partial charge < -0.3 is 15.8 Å². The highest BCUT2D eigenvalue weighted by Gasteiger charge is 2.48. The van der Waals surface area contributed by atoms with Gasteiger partial charge in [0.05, 0.1) is 13.0 Å². The summed E-state index contributed by atoms with van der Waals surface area (Å²) in [6, 6.07) is 8.03. The molecule has 4 nitrogen and oxygen atoms in total. The second kappa shape index (κ2) is 7.34. The molecule has 4 atom stereocenters.